The van der Waals surface area contributed by atoms with Gasteiger partial charge in [0.1, 0.15) is 5.75 Å². The predicted molar refractivity (Wildman–Crippen MR) is 120 cm³/mol. The van der Waals surface area contributed by atoms with Crippen LogP contribution < -0.4 is 10.1 Å². The number of anilines is 1. The van der Waals surface area contributed by atoms with Crippen LogP contribution in [0.4, 0.5) is 5.69 Å². The van der Waals surface area contributed by atoms with Crippen molar-refractivity contribution in [1.82, 2.24) is 9.88 Å². The van der Waals surface area contributed by atoms with Gasteiger partial charge in [0.05, 0.1) is 7.11 Å². The molecule has 5 heteroatoms. The molecule has 29 heavy (non-hydrogen) atoms. The molecule has 156 valence electrons. The van der Waals surface area contributed by atoms with E-state index >= 15 is 0 Å². The van der Waals surface area contributed by atoms with E-state index in [1.807, 2.05) is 30.3 Å². The van der Waals surface area contributed by atoms with Crippen LogP contribution in [0.3, 0.4) is 0 Å². The highest BCUT2D eigenvalue weighted by Gasteiger charge is 2.13. The average molecular weight is 396 g/mol. The van der Waals surface area contributed by atoms with Gasteiger partial charge in [-0.1, -0.05) is 6.07 Å². The Kier molecular flexibility index (Phi) is 8.87. The van der Waals surface area contributed by atoms with Gasteiger partial charge in [0.2, 0.25) is 5.91 Å². The van der Waals surface area contributed by atoms with Gasteiger partial charge in [-0.2, -0.15) is 0 Å². The number of ether oxygens (including phenoxy) is 1. The van der Waals surface area contributed by atoms with Gasteiger partial charge in [-0.05, 0) is 88.5 Å². The predicted octanol–water partition coefficient (Wildman–Crippen LogP) is 4.79. The van der Waals surface area contributed by atoms with Crippen molar-refractivity contribution in [1.29, 1.82) is 0 Å². The molecule has 1 N–H and O–H groups in total. The van der Waals surface area contributed by atoms with Crippen LogP contribution in [0.25, 0.3) is 6.08 Å². The molecule has 1 heterocycles. The zero-order valence-corrected chi connectivity index (χ0v) is 18.2. The Labute approximate surface area is 174 Å². The molecule has 1 amide bonds. The van der Waals surface area contributed by atoms with E-state index in [0.717, 1.165) is 42.0 Å². The number of amides is 1. The Morgan fingerprint density at radius 2 is 1.97 bits per heavy atom. The van der Waals surface area contributed by atoms with Crippen molar-refractivity contribution in [3.05, 3.63) is 59.9 Å². The molecule has 0 aliphatic heterocycles. The Hall–Kier alpha value is -2.66. The highest BCUT2D eigenvalue weighted by Crippen LogP contribution is 2.24. The van der Waals surface area contributed by atoms with Crippen LogP contribution in [-0.4, -0.2) is 41.5 Å². The summed E-state index contributed by atoms with van der Waals surface area (Å²) >= 11 is 0. The lowest BCUT2D eigenvalue weighted by molar-refractivity contribution is -0.111. The Morgan fingerprint density at radius 1 is 1.21 bits per heavy atom. The average Bonchev–Trinajstić information content (AvgIpc) is 2.70. The van der Waals surface area contributed by atoms with E-state index in [9.17, 15) is 4.79 Å². The van der Waals surface area contributed by atoms with Crippen LogP contribution in [-0.2, 0) is 11.2 Å². The van der Waals surface area contributed by atoms with Crippen LogP contribution in [0.5, 0.6) is 5.75 Å². The summed E-state index contributed by atoms with van der Waals surface area (Å²) in [7, 11) is 1.68. The van der Waals surface area contributed by atoms with Gasteiger partial charge < -0.3 is 10.1 Å². The maximum atomic E-state index is 12.2. The van der Waals surface area contributed by atoms with E-state index in [-0.39, 0.29) is 5.91 Å². The molecule has 0 saturated heterocycles. The molecule has 0 fully saturated rings. The summed E-state index contributed by atoms with van der Waals surface area (Å²) in [6, 6.07) is 10.6. The fourth-order valence-corrected chi connectivity index (χ4v) is 3.45. The number of rotatable bonds is 10. The fourth-order valence-electron chi connectivity index (χ4n) is 3.45. The van der Waals surface area contributed by atoms with Crippen molar-refractivity contribution >= 4 is 17.7 Å². The van der Waals surface area contributed by atoms with Crippen LogP contribution >= 0.6 is 0 Å². The van der Waals surface area contributed by atoms with Crippen LogP contribution in [0.15, 0.2) is 48.8 Å². The topological polar surface area (TPSA) is 54.5 Å². The lowest BCUT2D eigenvalue weighted by atomic mass is 10.1. The third-order valence-electron chi connectivity index (χ3n) is 4.85. The number of aryl methyl sites for hydroxylation is 1. The second kappa shape index (κ2) is 11.4. The minimum absolute atomic E-state index is 0.171. The Morgan fingerprint density at radius 3 is 2.59 bits per heavy atom. The number of hydrogen-bond acceptors (Lipinski definition) is 4. The quantitative estimate of drug-likeness (QED) is 0.588. The summed E-state index contributed by atoms with van der Waals surface area (Å²) in [5.74, 6) is 0.685. The molecule has 0 aliphatic carbocycles. The SMILES string of the molecule is COc1ccc(NC(=O)/C=C/c2cccnc2)cc1CCCN(C(C)C)C(C)C. The normalized spacial score (nSPS) is 11.6. The zero-order valence-electron chi connectivity index (χ0n) is 18.2. The molecule has 0 radical (unpaired) electrons. The smallest absolute Gasteiger partial charge is 0.248 e. The fraction of sp³-hybridized carbons (Fsp3) is 0.417. The lowest BCUT2D eigenvalue weighted by Crippen LogP contribution is -2.37. The number of nitrogens with one attached hydrogen (secondary N) is 1. The second-order valence-electron chi connectivity index (χ2n) is 7.66. The van der Waals surface area contributed by atoms with E-state index < -0.39 is 0 Å². The monoisotopic (exact) mass is 395 g/mol. The number of carbonyl (C=O) groups is 1. The van der Waals surface area contributed by atoms with Crippen molar-refractivity contribution in [3.8, 4) is 5.75 Å². The molecule has 0 atom stereocenters. The van der Waals surface area contributed by atoms with Gasteiger partial charge >= 0.3 is 0 Å². The number of hydrogen-bond donors (Lipinski definition) is 1. The first-order chi connectivity index (χ1) is 13.9. The van der Waals surface area contributed by atoms with Gasteiger partial charge in [-0.15, -0.1) is 0 Å². The third-order valence-corrected chi connectivity index (χ3v) is 4.85. The van der Waals surface area contributed by atoms with Crippen LogP contribution in [0, 0.1) is 0 Å². The number of aromatic nitrogens is 1. The van der Waals surface area contributed by atoms with Crippen molar-refractivity contribution in [2.45, 2.75) is 52.6 Å². The second-order valence-corrected chi connectivity index (χ2v) is 7.66. The zero-order chi connectivity index (χ0) is 21.2. The summed E-state index contributed by atoms with van der Waals surface area (Å²) in [5.41, 5.74) is 2.76. The van der Waals surface area contributed by atoms with Crippen molar-refractivity contribution < 1.29 is 9.53 Å². The van der Waals surface area contributed by atoms with E-state index in [1.54, 1.807) is 25.6 Å². The van der Waals surface area contributed by atoms with E-state index in [4.69, 9.17) is 4.74 Å². The number of nitrogens with zero attached hydrogens (tertiary/aromatic N) is 2. The van der Waals surface area contributed by atoms with Crippen molar-refractivity contribution in [2.75, 3.05) is 19.0 Å². The molecule has 2 aromatic rings. The van der Waals surface area contributed by atoms with Crippen molar-refractivity contribution in [3.63, 3.8) is 0 Å². The number of methoxy groups -OCH3 is 1. The Bertz CT molecular complexity index is 793. The van der Waals surface area contributed by atoms with Gasteiger partial charge in [0, 0.05) is 36.2 Å². The first-order valence-corrected chi connectivity index (χ1v) is 10.2. The molecule has 0 aliphatic rings. The van der Waals surface area contributed by atoms with Gasteiger partial charge in [0.15, 0.2) is 0 Å². The largest absolute Gasteiger partial charge is 0.496 e. The first kappa shape index (κ1) is 22.6. The van der Waals surface area contributed by atoms with Gasteiger partial charge in [0.25, 0.3) is 0 Å². The first-order valence-electron chi connectivity index (χ1n) is 10.2. The Balaban J connectivity index is 2.00. The summed E-state index contributed by atoms with van der Waals surface area (Å²) in [6.07, 6.45) is 8.62. The van der Waals surface area contributed by atoms with Crippen LogP contribution in [0.1, 0.15) is 45.2 Å². The van der Waals surface area contributed by atoms with Gasteiger partial charge in [-0.3, -0.25) is 14.7 Å². The highest BCUT2D eigenvalue weighted by atomic mass is 16.5. The van der Waals surface area contributed by atoms with Crippen molar-refractivity contribution in [2.24, 2.45) is 0 Å². The van der Waals surface area contributed by atoms with Gasteiger partial charge in [-0.25, -0.2) is 0 Å². The molecule has 0 bridgehead atoms. The maximum Gasteiger partial charge on any atom is 0.248 e. The summed E-state index contributed by atoms with van der Waals surface area (Å²) < 4.78 is 5.52. The summed E-state index contributed by atoms with van der Waals surface area (Å²) in [4.78, 5) is 18.8. The molecule has 0 unspecified atom stereocenters. The lowest BCUT2D eigenvalue weighted by Gasteiger charge is -2.30. The molecule has 2 rings (SSSR count). The number of carbonyl (C=O) groups excluding carboxylic acids is 1. The molecular weight excluding hydrogens is 362 g/mol. The molecule has 0 spiro atoms. The molecule has 1 aromatic heterocycles. The van der Waals surface area contributed by atoms with E-state index in [2.05, 4.69) is 42.9 Å². The maximum absolute atomic E-state index is 12.2. The van der Waals surface area contributed by atoms with Crippen LogP contribution in [0.2, 0.25) is 0 Å². The minimum atomic E-state index is -0.171. The molecule has 5 nitrogen and oxygen atoms in total. The minimum Gasteiger partial charge on any atom is -0.496 e. The molecule has 0 saturated carbocycles. The molecule has 1 aromatic carbocycles. The standard InChI is InChI=1S/C24H33N3O2/c1-18(2)27(19(3)4)15-7-9-21-16-22(11-12-23(21)29-5)26-24(28)13-10-20-8-6-14-25-17-20/h6,8,10-14,16-19H,7,9,15H2,1-5H3,(H,26,28)/b13-10+. The highest BCUT2D eigenvalue weighted by molar-refractivity contribution is 6.02. The number of pyridine rings is 1. The van der Waals surface area contributed by atoms with E-state index in [1.165, 1.54) is 6.08 Å². The van der Waals surface area contributed by atoms with E-state index in [0.29, 0.717) is 12.1 Å². The molecular formula is C24H33N3O2. The third kappa shape index (κ3) is 7.35. The summed E-state index contributed by atoms with van der Waals surface area (Å²) in [6.45, 7) is 9.96. The summed E-state index contributed by atoms with van der Waals surface area (Å²) in [5, 5.41) is 2.93. The number of benzene rings is 1.